The molecule has 5 aromatic carbocycles. The van der Waals surface area contributed by atoms with E-state index in [4.69, 9.17) is 0 Å². The van der Waals surface area contributed by atoms with Gasteiger partial charge in [0.15, 0.2) is 12.6 Å². The van der Waals surface area contributed by atoms with Crippen LogP contribution in [0.4, 0.5) is 0 Å². The Morgan fingerprint density at radius 1 is 0.848 bits per heavy atom. The van der Waals surface area contributed by atoms with Crippen LogP contribution in [0.5, 0.6) is 0 Å². The van der Waals surface area contributed by atoms with Gasteiger partial charge in [0, 0.05) is 63.7 Å². The van der Waals surface area contributed by atoms with Crippen molar-refractivity contribution in [2.75, 3.05) is 0 Å². The van der Waals surface area contributed by atoms with Crippen LogP contribution in [0.15, 0.2) is 93.1 Å². The van der Waals surface area contributed by atoms with Crippen molar-refractivity contribution in [3.63, 3.8) is 0 Å². The first kappa shape index (κ1) is 29.2. The Morgan fingerprint density at radius 2 is 1.50 bits per heavy atom. The summed E-state index contributed by atoms with van der Waals surface area (Å²) in [4.78, 5) is 54.6. The average Bonchev–Trinajstić information content (AvgIpc) is 3.85. The minimum Gasteiger partial charge on any atom is -0.298 e. The first-order valence-corrected chi connectivity index (χ1v) is 17.0. The molecule has 1 atom stereocenters. The number of hydrogen-bond donors (Lipinski definition) is 0. The van der Waals surface area contributed by atoms with Crippen molar-refractivity contribution < 1.29 is 19.2 Å². The quantitative estimate of drug-likeness (QED) is 0.0497. The fourth-order valence-corrected chi connectivity index (χ4v) is 9.35. The lowest BCUT2D eigenvalue weighted by Crippen LogP contribution is -2.39. The van der Waals surface area contributed by atoms with Crippen LogP contribution in [0.2, 0.25) is 0 Å². The second kappa shape index (κ2) is 10.4. The molecule has 0 radical (unpaired) electrons. The molecule has 0 bridgehead atoms. The number of benzene rings is 5. The van der Waals surface area contributed by atoms with Crippen LogP contribution in [0.3, 0.4) is 0 Å². The van der Waals surface area contributed by atoms with E-state index >= 15 is 0 Å². The van der Waals surface area contributed by atoms with Gasteiger partial charge in [-0.2, -0.15) is 0 Å². The molecule has 5 nitrogen and oxygen atoms in total. The number of aldehydes is 2. The lowest BCUT2D eigenvalue weighted by molar-refractivity contribution is 0.0667. The van der Waals surface area contributed by atoms with Gasteiger partial charge in [-0.25, -0.2) is 4.90 Å². The van der Waals surface area contributed by atoms with Crippen LogP contribution in [-0.2, 0) is 0 Å². The molecule has 1 aliphatic heterocycles. The van der Waals surface area contributed by atoms with Crippen molar-refractivity contribution in [3.8, 4) is 0 Å². The molecule has 8 rings (SSSR count). The molecule has 2 amide bonds. The zero-order chi connectivity index (χ0) is 32.1. The Labute approximate surface area is 281 Å². The van der Waals surface area contributed by atoms with Gasteiger partial charge in [0.2, 0.25) is 0 Å². The number of nitrogens with zero attached hydrogens (tertiary/aromatic N) is 1. The monoisotopic (exact) mass is 731 g/mol. The van der Waals surface area contributed by atoms with Gasteiger partial charge in [0.25, 0.3) is 11.8 Å². The molecular weight excluding hydrogens is 706 g/mol. The summed E-state index contributed by atoms with van der Waals surface area (Å²) in [5.41, 5.74) is 4.69. The van der Waals surface area contributed by atoms with Gasteiger partial charge in [-0.3, -0.25) is 19.2 Å². The summed E-state index contributed by atoms with van der Waals surface area (Å²) in [6.07, 6.45) is 14.4. The zero-order valence-corrected chi connectivity index (χ0v) is 28.2. The van der Waals surface area contributed by atoms with Gasteiger partial charge >= 0.3 is 0 Å². The summed E-state index contributed by atoms with van der Waals surface area (Å²) in [6, 6.07) is 10.9. The third-order valence-electron chi connectivity index (χ3n) is 9.98. The third kappa shape index (κ3) is 3.79. The summed E-state index contributed by atoms with van der Waals surface area (Å²) in [7, 11) is 0. The van der Waals surface area contributed by atoms with Crippen molar-refractivity contribution in [2.45, 2.75) is 39.0 Å². The molecule has 0 N–H and O–H groups in total. The van der Waals surface area contributed by atoms with E-state index in [2.05, 4.69) is 63.6 Å². The molecule has 0 fully saturated rings. The summed E-state index contributed by atoms with van der Waals surface area (Å²) >= 11 is 7.50. The Balaban J connectivity index is 1.41. The van der Waals surface area contributed by atoms with Gasteiger partial charge in [0.1, 0.15) is 0 Å². The summed E-state index contributed by atoms with van der Waals surface area (Å²) < 4.78 is 1.39. The van der Waals surface area contributed by atoms with Crippen molar-refractivity contribution in [1.82, 2.24) is 4.90 Å². The minimum absolute atomic E-state index is 0.270. The van der Waals surface area contributed by atoms with E-state index < -0.39 is 0 Å². The number of carbonyl (C=O) groups excluding carboxylic acids is 4. The summed E-state index contributed by atoms with van der Waals surface area (Å²) in [5, 5.41) is 6.06. The first-order valence-electron chi connectivity index (χ1n) is 15.4. The minimum atomic E-state index is -0.354. The maximum absolute atomic E-state index is 14.5. The fraction of sp³-hybridized carbons (Fsp3) is 0.179. The van der Waals surface area contributed by atoms with E-state index in [1.807, 2.05) is 30.3 Å². The second-order valence-electron chi connectivity index (χ2n) is 12.4. The van der Waals surface area contributed by atoms with Crippen LogP contribution in [0, 0.1) is 5.41 Å². The molecule has 46 heavy (non-hydrogen) atoms. The van der Waals surface area contributed by atoms with Crippen molar-refractivity contribution in [1.29, 1.82) is 0 Å². The second-order valence-corrected chi connectivity index (χ2v) is 14.1. The molecule has 1 unspecified atom stereocenters. The van der Waals surface area contributed by atoms with Crippen LogP contribution < -0.4 is 0 Å². The molecule has 5 aromatic rings. The van der Waals surface area contributed by atoms with Gasteiger partial charge < -0.3 is 0 Å². The average molecular weight is 733 g/mol. The maximum Gasteiger partial charge on any atom is 0.266 e. The van der Waals surface area contributed by atoms with Gasteiger partial charge in [-0.05, 0) is 72.2 Å². The molecule has 3 aliphatic rings. The van der Waals surface area contributed by atoms with Crippen LogP contribution in [0.25, 0.3) is 43.1 Å². The Hall–Kier alpha value is -4.20. The SMILES string of the molecule is C=CCCC1=CC(N2C(=O)c3ccc4c5c(Br)cc(C=O)c6c(C=O)ccc(c7c(Br)cc(c3c47)C2=O)c65)=CC1(CCC)C1=CC1. The Morgan fingerprint density at radius 3 is 2.15 bits per heavy atom. The predicted octanol–water partition coefficient (Wildman–Crippen LogP) is 10.4. The largest absolute Gasteiger partial charge is 0.298 e. The fourth-order valence-electron chi connectivity index (χ4n) is 8.05. The topological polar surface area (TPSA) is 71.5 Å². The third-order valence-corrected chi connectivity index (χ3v) is 11.2. The predicted molar refractivity (Wildman–Crippen MR) is 190 cm³/mol. The van der Waals surface area contributed by atoms with E-state index in [1.54, 1.807) is 12.1 Å². The number of allylic oxidation sites excluding steroid dienone is 6. The van der Waals surface area contributed by atoms with E-state index in [1.165, 1.54) is 16.0 Å². The van der Waals surface area contributed by atoms with Crippen molar-refractivity contribution >= 4 is 99.3 Å². The number of carbonyl (C=O) groups is 4. The van der Waals surface area contributed by atoms with E-state index in [0.29, 0.717) is 47.7 Å². The highest BCUT2D eigenvalue weighted by molar-refractivity contribution is 9.11. The molecule has 7 heteroatoms. The Bertz CT molecular complexity index is 2380. The number of imide groups is 1. The summed E-state index contributed by atoms with van der Waals surface area (Å²) in [6.45, 7) is 6.09. The Kier molecular flexibility index (Phi) is 6.61. The van der Waals surface area contributed by atoms with Crippen LogP contribution >= 0.6 is 31.9 Å². The van der Waals surface area contributed by atoms with Crippen LogP contribution in [-0.4, -0.2) is 29.3 Å². The van der Waals surface area contributed by atoms with Gasteiger partial charge in [-0.15, -0.1) is 6.58 Å². The summed E-state index contributed by atoms with van der Waals surface area (Å²) in [5.74, 6) is -0.699. The molecule has 0 saturated carbocycles. The van der Waals surface area contributed by atoms with E-state index in [-0.39, 0.29) is 17.2 Å². The van der Waals surface area contributed by atoms with Gasteiger partial charge in [0.05, 0.1) is 5.56 Å². The van der Waals surface area contributed by atoms with E-state index in [9.17, 15) is 19.2 Å². The zero-order valence-electron chi connectivity index (χ0n) is 25.0. The number of rotatable bonds is 9. The molecule has 0 spiro atoms. The number of amides is 2. The molecule has 0 aromatic heterocycles. The standard InChI is InChI=1S/C39H27Br2NO4/c1-3-5-6-23-15-24(17-39(23,13-4-2)22-8-9-22)42-37(45)27-12-11-26-33-29(40)14-21(19-44)31-20(18-43)7-10-25(35(31)33)34-30(41)16-28(38(42)46)32(27)36(26)34/h3,7-8,10-12,14-19H,1,4-6,9,13H2,2H3. The van der Waals surface area contributed by atoms with Crippen molar-refractivity contribution in [3.05, 3.63) is 115 Å². The number of halogens is 2. The highest BCUT2D eigenvalue weighted by atomic mass is 79.9. The highest BCUT2D eigenvalue weighted by Gasteiger charge is 2.45. The molecular formula is C39H27Br2NO4. The smallest absolute Gasteiger partial charge is 0.266 e. The van der Waals surface area contributed by atoms with Crippen LogP contribution in [0.1, 0.15) is 80.5 Å². The van der Waals surface area contributed by atoms with E-state index in [0.717, 1.165) is 77.0 Å². The number of fused-ring (bicyclic) bond motifs is 2. The molecule has 226 valence electrons. The first-order chi connectivity index (χ1) is 22.3. The number of hydrogen-bond acceptors (Lipinski definition) is 4. The molecule has 0 saturated heterocycles. The van der Waals surface area contributed by atoms with Crippen molar-refractivity contribution in [2.24, 2.45) is 5.41 Å². The maximum atomic E-state index is 14.5. The van der Waals surface area contributed by atoms with Gasteiger partial charge in [-0.1, -0.05) is 86.7 Å². The lowest BCUT2D eigenvalue weighted by atomic mass is 9.74. The lowest BCUT2D eigenvalue weighted by Gasteiger charge is -2.30. The molecule has 2 aliphatic carbocycles. The molecule has 1 heterocycles. The highest BCUT2D eigenvalue weighted by Crippen LogP contribution is 2.55. The normalized spacial score (nSPS) is 18.9.